The first-order chi connectivity index (χ1) is 9.50. The van der Waals surface area contributed by atoms with E-state index in [0.29, 0.717) is 0 Å². The van der Waals surface area contributed by atoms with Crippen LogP contribution in [0.1, 0.15) is 10.4 Å². The van der Waals surface area contributed by atoms with E-state index in [-0.39, 0.29) is 17.1 Å². The third-order valence-corrected chi connectivity index (χ3v) is 3.77. The maximum absolute atomic E-state index is 12.1. The van der Waals surface area contributed by atoms with Crippen molar-refractivity contribution < 1.29 is 4.79 Å². The summed E-state index contributed by atoms with van der Waals surface area (Å²) in [6.07, 6.45) is 0. The van der Waals surface area contributed by atoms with Crippen LogP contribution >= 0.6 is 11.8 Å². The minimum absolute atomic E-state index is 0.0789. The first-order valence-electron chi connectivity index (χ1n) is 5.80. The van der Waals surface area contributed by atoms with Crippen molar-refractivity contribution in [2.24, 2.45) is 7.05 Å². The van der Waals surface area contributed by atoms with Gasteiger partial charge in [0.2, 0.25) is 0 Å². The Morgan fingerprint density at radius 3 is 2.60 bits per heavy atom. The predicted molar refractivity (Wildman–Crippen MR) is 78.2 cm³/mol. The Morgan fingerprint density at radius 1 is 1.30 bits per heavy atom. The van der Waals surface area contributed by atoms with E-state index in [0.717, 1.165) is 9.46 Å². The molecule has 0 bridgehead atoms. The molecule has 7 heteroatoms. The van der Waals surface area contributed by atoms with Gasteiger partial charge in [0.05, 0.1) is 5.75 Å². The Morgan fingerprint density at radius 2 is 1.95 bits per heavy atom. The molecule has 0 aliphatic heterocycles. The van der Waals surface area contributed by atoms with Crippen molar-refractivity contribution in [1.29, 1.82) is 0 Å². The third-order valence-electron chi connectivity index (χ3n) is 2.76. The van der Waals surface area contributed by atoms with Gasteiger partial charge in [-0.15, -0.1) is 11.8 Å². The van der Waals surface area contributed by atoms with Crippen molar-refractivity contribution in [2.45, 2.75) is 4.90 Å². The lowest BCUT2D eigenvalue weighted by Gasteiger charge is -2.07. The van der Waals surface area contributed by atoms with Crippen LogP contribution in [0.4, 0.5) is 5.82 Å². The molecule has 1 aromatic carbocycles. The third kappa shape index (κ3) is 2.83. The lowest BCUT2D eigenvalue weighted by Crippen LogP contribution is -2.35. The molecule has 3 N–H and O–H groups in total. The first kappa shape index (κ1) is 14.1. The van der Waals surface area contributed by atoms with Crippen molar-refractivity contribution in [3.63, 3.8) is 0 Å². The Kier molecular flexibility index (Phi) is 4.09. The first-order valence-corrected chi connectivity index (χ1v) is 6.79. The number of H-pyrrole nitrogens is 1. The highest BCUT2D eigenvalue weighted by Gasteiger charge is 2.17. The SMILES string of the molecule is Cn1c(N)c(C(=O)CSc2ccccc2)c(=O)[nH]c1=O. The van der Waals surface area contributed by atoms with Crippen molar-refractivity contribution in [3.8, 4) is 0 Å². The van der Waals surface area contributed by atoms with Crippen LogP contribution in [0.5, 0.6) is 0 Å². The molecule has 1 aromatic heterocycles. The monoisotopic (exact) mass is 291 g/mol. The molecule has 6 nitrogen and oxygen atoms in total. The van der Waals surface area contributed by atoms with Gasteiger partial charge in [0, 0.05) is 11.9 Å². The number of ketones is 1. The zero-order chi connectivity index (χ0) is 14.7. The zero-order valence-corrected chi connectivity index (χ0v) is 11.6. The highest BCUT2D eigenvalue weighted by molar-refractivity contribution is 8.00. The van der Waals surface area contributed by atoms with Gasteiger partial charge in [-0.3, -0.25) is 19.1 Å². The molecule has 2 rings (SSSR count). The second-order valence-electron chi connectivity index (χ2n) is 4.10. The molecule has 0 spiro atoms. The summed E-state index contributed by atoms with van der Waals surface area (Å²) < 4.78 is 1.04. The van der Waals surface area contributed by atoms with Gasteiger partial charge in [0.15, 0.2) is 5.78 Å². The molecule has 0 saturated heterocycles. The number of thioether (sulfide) groups is 1. The van der Waals surface area contributed by atoms with Gasteiger partial charge in [-0.2, -0.15) is 0 Å². The quantitative estimate of drug-likeness (QED) is 0.636. The second kappa shape index (κ2) is 5.79. The number of aromatic amines is 1. The number of carbonyl (C=O) groups is 1. The number of hydrogen-bond donors (Lipinski definition) is 2. The number of aromatic nitrogens is 2. The molecule has 0 aliphatic rings. The van der Waals surface area contributed by atoms with E-state index in [1.807, 2.05) is 30.3 Å². The van der Waals surface area contributed by atoms with Crippen LogP contribution in [-0.4, -0.2) is 21.1 Å². The maximum Gasteiger partial charge on any atom is 0.329 e. The zero-order valence-electron chi connectivity index (χ0n) is 10.8. The predicted octanol–water partition coefficient (Wildman–Crippen LogP) is 0.631. The smallest absolute Gasteiger partial charge is 0.329 e. The average Bonchev–Trinajstić information content (AvgIpc) is 2.44. The standard InChI is InChI=1S/C13H13N3O3S/c1-16-11(14)10(12(18)15-13(16)19)9(17)7-20-8-5-3-2-4-6-8/h2-6H,7,14H2,1H3,(H,15,18,19). The van der Waals surface area contributed by atoms with E-state index < -0.39 is 17.0 Å². The molecule has 1 heterocycles. The summed E-state index contributed by atoms with van der Waals surface area (Å²) in [5.41, 5.74) is 4.11. The number of rotatable bonds is 4. The van der Waals surface area contributed by atoms with E-state index in [1.165, 1.54) is 18.8 Å². The number of nitrogens with two attached hydrogens (primary N) is 1. The number of hydrogen-bond acceptors (Lipinski definition) is 5. The highest BCUT2D eigenvalue weighted by atomic mass is 32.2. The minimum Gasteiger partial charge on any atom is -0.384 e. The van der Waals surface area contributed by atoms with Gasteiger partial charge in [0.1, 0.15) is 11.4 Å². The molecule has 104 valence electrons. The van der Waals surface area contributed by atoms with E-state index in [4.69, 9.17) is 5.73 Å². The molecule has 0 unspecified atom stereocenters. The summed E-state index contributed by atoms with van der Waals surface area (Å²) in [4.78, 5) is 38.1. The van der Waals surface area contributed by atoms with E-state index in [9.17, 15) is 14.4 Å². The van der Waals surface area contributed by atoms with Crippen molar-refractivity contribution in [3.05, 3.63) is 56.7 Å². The molecular formula is C13H13N3O3S. The van der Waals surface area contributed by atoms with Gasteiger partial charge in [-0.1, -0.05) is 18.2 Å². The number of benzene rings is 1. The summed E-state index contributed by atoms with van der Waals surface area (Å²) in [7, 11) is 1.40. The molecule has 0 saturated carbocycles. The van der Waals surface area contributed by atoms with Crippen LogP contribution in [0.15, 0.2) is 44.8 Å². The number of Topliss-reactive ketones (excluding diaryl/α,β-unsaturated/α-hetero) is 1. The average molecular weight is 291 g/mol. The van der Waals surface area contributed by atoms with Crippen molar-refractivity contribution in [2.75, 3.05) is 11.5 Å². The van der Waals surface area contributed by atoms with E-state index in [1.54, 1.807) is 0 Å². The number of carbonyl (C=O) groups excluding carboxylic acids is 1. The fourth-order valence-corrected chi connectivity index (χ4v) is 2.44. The number of nitrogens with one attached hydrogen (secondary N) is 1. The van der Waals surface area contributed by atoms with Crippen LogP contribution in [0.25, 0.3) is 0 Å². The summed E-state index contributed by atoms with van der Waals surface area (Å²) in [5.74, 6) is -0.444. The number of nitrogens with zero attached hydrogens (tertiary/aromatic N) is 1. The molecule has 0 aliphatic carbocycles. The normalized spacial score (nSPS) is 10.4. The fraction of sp³-hybridized carbons (Fsp3) is 0.154. The van der Waals surface area contributed by atoms with Crippen LogP contribution in [0.2, 0.25) is 0 Å². The summed E-state index contributed by atoms with van der Waals surface area (Å²) >= 11 is 1.31. The molecule has 0 fully saturated rings. The minimum atomic E-state index is -0.746. The van der Waals surface area contributed by atoms with Gasteiger partial charge in [-0.25, -0.2) is 4.79 Å². The Hall–Kier alpha value is -2.28. The highest BCUT2D eigenvalue weighted by Crippen LogP contribution is 2.18. The summed E-state index contributed by atoms with van der Waals surface area (Å²) in [6, 6.07) is 9.33. The topological polar surface area (TPSA) is 97.9 Å². The number of nitrogen functional groups attached to an aromatic ring is 1. The molecule has 20 heavy (non-hydrogen) atoms. The van der Waals surface area contributed by atoms with Crippen LogP contribution in [0, 0.1) is 0 Å². The van der Waals surface area contributed by atoms with E-state index >= 15 is 0 Å². The Labute approximate surface area is 118 Å². The maximum atomic E-state index is 12.1. The van der Waals surface area contributed by atoms with Crippen LogP contribution in [-0.2, 0) is 7.05 Å². The van der Waals surface area contributed by atoms with Gasteiger partial charge >= 0.3 is 5.69 Å². The van der Waals surface area contributed by atoms with E-state index in [2.05, 4.69) is 4.98 Å². The van der Waals surface area contributed by atoms with Gasteiger partial charge in [-0.05, 0) is 12.1 Å². The van der Waals surface area contributed by atoms with Crippen LogP contribution < -0.4 is 17.0 Å². The van der Waals surface area contributed by atoms with Gasteiger partial charge in [0.25, 0.3) is 5.56 Å². The molecule has 0 amide bonds. The molecule has 2 aromatic rings. The van der Waals surface area contributed by atoms with Crippen LogP contribution in [0.3, 0.4) is 0 Å². The molecular weight excluding hydrogens is 278 g/mol. The summed E-state index contributed by atoms with van der Waals surface area (Å²) in [6.45, 7) is 0. The largest absolute Gasteiger partial charge is 0.384 e. The van der Waals surface area contributed by atoms with Crippen molar-refractivity contribution >= 4 is 23.4 Å². The Bertz CT molecular complexity index is 750. The summed E-state index contributed by atoms with van der Waals surface area (Å²) in [5, 5.41) is 0. The number of anilines is 1. The Balaban J connectivity index is 2.25. The fourth-order valence-electron chi connectivity index (χ4n) is 1.64. The van der Waals surface area contributed by atoms with Crippen molar-refractivity contribution in [1.82, 2.24) is 9.55 Å². The lowest BCUT2D eigenvalue weighted by atomic mass is 10.2. The van der Waals surface area contributed by atoms with Gasteiger partial charge < -0.3 is 5.73 Å². The lowest BCUT2D eigenvalue weighted by molar-refractivity contribution is 0.102. The molecule has 0 radical (unpaired) electrons. The second-order valence-corrected chi connectivity index (χ2v) is 5.15. The molecule has 0 atom stereocenters.